The number of carbonyl (C=O) groups excluding carboxylic acids is 1. The number of aliphatic hydroxyl groups excluding tert-OH is 1. The van der Waals surface area contributed by atoms with Crippen molar-refractivity contribution < 1.29 is 14.6 Å². The van der Waals surface area contributed by atoms with E-state index >= 15 is 0 Å². The number of hydrogen-bond donors (Lipinski definition) is 1. The summed E-state index contributed by atoms with van der Waals surface area (Å²) in [5.41, 5.74) is 0. The Morgan fingerprint density at radius 2 is 0.818 bits per heavy atom. The van der Waals surface area contributed by atoms with E-state index in [1.54, 1.807) is 0 Å². The van der Waals surface area contributed by atoms with Crippen LogP contribution >= 0.6 is 0 Å². The van der Waals surface area contributed by atoms with Gasteiger partial charge >= 0.3 is 5.97 Å². The van der Waals surface area contributed by atoms with Crippen LogP contribution in [-0.2, 0) is 9.53 Å². The lowest BCUT2D eigenvalue weighted by Crippen LogP contribution is -2.23. The zero-order valence-corrected chi connectivity index (χ0v) is 22.7. The lowest BCUT2D eigenvalue weighted by atomic mass is 10.0. The fraction of sp³-hybridized carbons (Fsp3) is 0.967. The second-order valence-corrected chi connectivity index (χ2v) is 10.3. The van der Waals surface area contributed by atoms with E-state index in [2.05, 4.69) is 13.8 Å². The Kier molecular flexibility index (Phi) is 27.2. The van der Waals surface area contributed by atoms with Crippen molar-refractivity contribution in [3.63, 3.8) is 0 Å². The summed E-state index contributed by atoms with van der Waals surface area (Å²) in [6.07, 6.45) is 31.2. The fourth-order valence-electron chi connectivity index (χ4n) is 4.51. The molecule has 0 heterocycles. The van der Waals surface area contributed by atoms with Gasteiger partial charge in [-0.25, -0.2) is 4.79 Å². The fourth-order valence-corrected chi connectivity index (χ4v) is 4.51. The summed E-state index contributed by atoms with van der Waals surface area (Å²) in [6.45, 7) is 4.90. The molecule has 0 saturated carbocycles. The molecule has 0 radical (unpaired) electrons. The number of hydrogen-bond acceptors (Lipinski definition) is 3. The molecule has 0 saturated heterocycles. The Morgan fingerprint density at radius 3 is 1.18 bits per heavy atom. The first-order chi connectivity index (χ1) is 16.2. The monoisotopic (exact) mass is 468 g/mol. The molecule has 0 aliphatic rings. The summed E-state index contributed by atoms with van der Waals surface area (Å²) >= 11 is 0. The summed E-state index contributed by atoms with van der Waals surface area (Å²) in [4.78, 5) is 11.7. The minimum absolute atomic E-state index is 0.427. The van der Waals surface area contributed by atoms with Gasteiger partial charge in [0.25, 0.3) is 0 Å². The first-order valence-corrected chi connectivity index (χ1v) is 15.1. The first kappa shape index (κ1) is 32.4. The standard InChI is InChI=1S/C30H60O3/c1-3-5-7-9-10-11-12-13-14-15-16-17-18-19-20-21-22-23-24-25-27-29(31)30(32)33-28-26-8-6-4-2/h29,31H,3-28H2,1-2H3. The van der Waals surface area contributed by atoms with Crippen molar-refractivity contribution in [1.82, 2.24) is 0 Å². The van der Waals surface area contributed by atoms with E-state index in [1.165, 1.54) is 128 Å². The quantitative estimate of drug-likeness (QED) is 0.0963. The molecule has 1 atom stereocenters. The predicted molar refractivity (Wildman–Crippen MR) is 144 cm³/mol. The SMILES string of the molecule is CCCCCCCCCCCCCCCCCCCCCCC(O)C(=O)OCCCCCC. The molecule has 1 unspecified atom stereocenters. The second-order valence-electron chi connectivity index (χ2n) is 10.3. The van der Waals surface area contributed by atoms with Crippen molar-refractivity contribution in [2.45, 2.75) is 180 Å². The lowest BCUT2D eigenvalue weighted by Gasteiger charge is -2.10. The molecule has 0 aromatic heterocycles. The minimum Gasteiger partial charge on any atom is -0.464 e. The molecule has 0 aliphatic carbocycles. The molecule has 0 spiro atoms. The van der Waals surface area contributed by atoms with Crippen molar-refractivity contribution >= 4 is 5.97 Å². The Balaban J connectivity index is 3.19. The molecule has 0 amide bonds. The lowest BCUT2D eigenvalue weighted by molar-refractivity contribution is -0.154. The molecule has 3 nitrogen and oxygen atoms in total. The average molecular weight is 469 g/mol. The number of aliphatic hydroxyl groups is 1. The number of unbranched alkanes of at least 4 members (excludes halogenated alkanes) is 22. The van der Waals surface area contributed by atoms with Gasteiger partial charge < -0.3 is 9.84 Å². The van der Waals surface area contributed by atoms with Crippen molar-refractivity contribution in [2.75, 3.05) is 6.61 Å². The van der Waals surface area contributed by atoms with Gasteiger partial charge in [0.2, 0.25) is 0 Å². The summed E-state index contributed by atoms with van der Waals surface area (Å²) < 4.78 is 5.16. The van der Waals surface area contributed by atoms with E-state index in [4.69, 9.17) is 4.74 Å². The largest absolute Gasteiger partial charge is 0.464 e. The van der Waals surface area contributed by atoms with E-state index in [9.17, 15) is 9.90 Å². The molecule has 0 aliphatic heterocycles. The number of carbonyl (C=O) groups is 1. The minimum atomic E-state index is -0.924. The molecule has 0 bridgehead atoms. The molecular weight excluding hydrogens is 408 g/mol. The van der Waals surface area contributed by atoms with Crippen LogP contribution in [0, 0.1) is 0 Å². The third-order valence-electron chi connectivity index (χ3n) is 6.85. The highest BCUT2D eigenvalue weighted by Crippen LogP contribution is 2.15. The van der Waals surface area contributed by atoms with Gasteiger partial charge in [-0.15, -0.1) is 0 Å². The van der Waals surface area contributed by atoms with Gasteiger partial charge in [0.15, 0.2) is 6.10 Å². The molecule has 3 heteroatoms. The summed E-state index contributed by atoms with van der Waals surface area (Å²) in [7, 11) is 0. The van der Waals surface area contributed by atoms with Gasteiger partial charge in [-0.3, -0.25) is 0 Å². The van der Waals surface area contributed by atoms with E-state index in [0.717, 1.165) is 25.7 Å². The highest BCUT2D eigenvalue weighted by Gasteiger charge is 2.15. The average Bonchev–Trinajstić information content (AvgIpc) is 2.82. The van der Waals surface area contributed by atoms with E-state index in [0.29, 0.717) is 13.0 Å². The number of esters is 1. The van der Waals surface area contributed by atoms with Crippen molar-refractivity contribution in [2.24, 2.45) is 0 Å². The molecule has 33 heavy (non-hydrogen) atoms. The van der Waals surface area contributed by atoms with Gasteiger partial charge in [0.05, 0.1) is 6.61 Å². The zero-order chi connectivity index (χ0) is 24.2. The summed E-state index contributed by atoms with van der Waals surface area (Å²) in [5, 5.41) is 9.90. The van der Waals surface area contributed by atoms with Crippen molar-refractivity contribution in [3.05, 3.63) is 0 Å². The van der Waals surface area contributed by atoms with Gasteiger partial charge in [-0.1, -0.05) is 162 Å². The van der Waals surface area contributed by atoms with Gasteiger partial charge in [-0.2, -0.15) is 0 Å². The van der Waals surface area contributed by atoms with Crippen LogP contribution in [0.15, 0.2) is 0 Å². The van der Waals surface area contributed by atoms with Crippen molar-refractivity contribution in [3.8, 4) is 0 Å². The zero-order valence-electron chi connectivity index (χ0n) is 22.7. The van der Waals surface area contributed by atoms with E-state index in [-0.39, 0.29) is 0 Å². The molecule has 0 fully saturated rings. The second kappa shape index (κ2) is 27.7. The molecule has 0 aromatic rings. The van der Waals surface area contributed by atoms with Gasteiger partial charge in [0.1, 0.15) is 0 Å². The third-order valence-corrected chi connectivity index (χ3v) is 6.85. The van der Waals surface area contributed by atoms with Crippen LogP contribution in [0.5, 0.6) is 0 Å². The van der Waals surface area contributed by atoms with Gasteiger partial charge in [0, 0.05) is 0 Å². The maximum atomic E-state index is 11.7. The van der Waals surface area contributed by atoms with Crippen LogP contribution in [0.3, 0.4) is 0 Å². The maximum absolute atomic E-state index is 11.7. The van der Waals surface area contributed by atoms with Gasteiger partial charge in [-0.05, 0) is 12.8 Å². The first-order valence-electron chi connectivity index (χ1n) is 15.1. The van der Waals surface area contributed by atoms with Crippen LogP contribution in [0.4, 0.5) is 0 Å². The number of rotatable bonds is 27. The molecule has 0 rings (SSSR count). The summed E-state index contributed by atoms with van der Waals surface area (Å²) in [5.74, 6) is -0.427. The summed E-state index contributed by atoms with van der Waals surface area (Å²) in [6, 6.07) is 0. The molecule has 1 N–H and O–H groups in total. The van der Waals surface area contributed by atoms with Crippen LogP contribution in [-0.4, -0.2) is 23.8 Å². The molecule has 0 aromatic carbocycles. The highest BCUT2D eigenvalue weighted by molar-refractivity contribution is 5.74. The van der Waals surface area contributed by atoms with E-state index < -0.39 is 12.1 Å². The molecule has 198 valence electrons. The van der Waals surface area contributed by atoms with Crippen LogP contribution in [0.1, 0.15) is 174 Å². The normalized spacial score (nSPS) is 12.2. The Hall–Kier alpha value is -0.570. The third kappa shape index (κ3) is 25.9. The Labute approximate surface area is 207 Å². The Morgan fingerprint density at radius 1 is 0.515 bits per heavy atom. The number of ether oxygens (including phenoxy) is 1. The van der Waals surface area contributed by atoms with Crippen LogP contribution in [0.2, 0.25) is 0 Å². The van der Waals surface area contributed by atoms with E-state index in [1.807, 2.05) is 0 Å². The van der Waals surface area contributed by atoms with Crippen molar-refractivity contribution in [1.29, 1.82) is 0 Å². The maximum Gasteiger partial charge on any atom is 0.334 e. The highest BCUT2D eigenvalue weighted by atomic mass is 16.5. The van der Waals surface area contributed by atoms with Crippen LogP contribution in [0.25, 0.3) is 0 Å². The Bertz CT molecular complexity index is 383. The smallest absolute Gasteiger partial charge is 0.334 e. The van der Waals surface area contributed by atoms with Crippen LogP contribution < -0.4 is 0 Å². The predicted octanol–water partition coefficient (Wildman–Crippen LogP) is 9.68. The molecular formula is C30H60O3. The topological polar surface area (TPSA) is 46.5 Å².